The van der Waals surface area contributed by atoms with E-state index in [1.165, 1.54) is 22.9 Å². The van der Waals surface area contributed by atoms with Crippen molar-refractivity contribution in [2.45, 2.75) is 30.4 Å². The van der Waals surface area contributed by atoms with Crippen molar-refractivity contribution in [2.75, 3.05) is 12.3 Å². The highest BCUT2D eigenvalue weighted by Gasteiger charge is 2.44. The van der Waals surface area contributed by atoms with Crippen molar-refractivity contribution in [3.05, 3.63) is 65.7 Å². The third kappa shape index (κ3) is 4.22. The summed E-state index contributed by atoms with van der Waals surface area (Å²) < 4.78 is 5.65. The van der Waals surface area contributed by atoms with E-state index in [0.717, 1.165) is 18.4 Å². The van der Waals surface area contributed by atoms with Crippen LogP contribution in [0.25, 0.3) is 11.5 Å². The van der Waals surface area contributed by atoms with Gasteiger partial charge in [0.15, 0.2) is 0 Å². The number of amides is 1. The van der Waals surface area contributed by atoms with Crippen molar-refractivity contribution in [1.29, 1.82) is 0 Å². The van der Waals surface area contributed by atoms with E-state index in [4.69, 9.17) is 4.42 Å². The Morgan fingerprint density at radius 3 is 2.56 bits per heavy atom. The molecule has 1 aliphatic rings. The number of nitrogens with one attached hydrogen (secondary N) is 1. The predicted octanol–water partition coefficient (Wildman–Crippen LogP) is 3.99. The second kappa shape index (κ2) is 7.56. The van der Waals surface area contributed by atoms with Gasteiger partial charge in [-0.2, -0.15) is 0 Å². The van der Waals surface area contributed by atoms with Crippen molar-refractivity contribution in [2.24, 2.45) is 0 Å². The number of thioether (sulfide) groups is 1. The Bertz CT molecular complexity index is 918. The summed E-state index contributed by atoms with van der Waals surface area (Å²) in [6.07, 6.45) is 2.24. The first-order valence-corrected chi connectivity index (χ1v) is 9.99. The number of nitrogens with zero attached hydrogens (tertiary/aromatic N) is 2. The molecule has 1 amide bonds. The van der Waals surface area contributed by atoms with Crippen LogP contribution in [-0.2, 0) is 10.2 Å². The number of hydrogen-bond donors (Lipinski definition) is 1. The van der Waals surface area contributed by atoms with E-state index in [9.17, 15) is 4.79 Å². The summed E-state index contributed by atoms with van der Waals surface area (Å²) >= 11 is 1.26. The molecule has 2 aromatic carbocycles. The highest BCUT2D eigenvalue weighted by molar-refractivity contribution is 7.99. The van der Waals surface area contributed by atoms with Crippen LogP contribution in [0, 0.1) is 6.92 Å². The van der Waals surface area contributed by atoms with Crippen LogP contribution in [0.15, 0.2) is 64.2 Å². The largest absolute Gasteiger partial charge is 0.411 e. The first-order valence-electron chi connectivity index (χ1n) is 9.00. The van der Waals surface area contributed by atoms with Crippen LogP contribution >= 0.6 is 11.8 Å². The average molecular weight is 379 g/mol. The van der Waals surface area contributed by atoms with Crippen molar-refractivity contribution < 1.29 is 9.21 Å². The molecule has 0 bridgehead atoms. The van der Waals surface area contributed by atoms with Gasteiger partial charge in [-0.1, -0.05) is 59.8 Å². The number of aryl methyl sites for hydroxylation is 1. The van der Waals surface area contributed by atoms with Crippen LogP contribution in [0.2, 0.25) is 0 Å². The van der Waals surface area contributed by atoms with Crippen molar-refractivity contribution in [1.82, 2.24) is 15.5 Å². The molecule has 0 spiro atoms. The molecule has 1 fully saturated rings. The Morgan fingerprint density at radius 1 is 1.11 bits per heavy atom. The van der Waals surface area contributed by atoms with E-state index in [0.29, 0.717) is 17.7 Å². The maximum atomic E-state index is 12.2. The minimum absolute atomic E-state index is 0.0164. The Labute approximate surface area is 162 Å². The zero-order chi connectivity index (χ0) is 18.7. The standard InChI is InChI=1S/C21H21N3O2S/c1-15-7-9-16(10-8-15)19-23-24-20(26-19)27-13-18(25)22-14-21(11-12-21)17-5-3-2-4-6-17/h2-10H,11-14H2,1H3,(H,22,25). The summed E-state index contributed by atoms with van der Waals surface area (Å²) in [4.78, 5) is 12.2. The fourth-order valence-corrected chi connectivity index (χ4v) is 3.63. The van der Waals surface area contributed by atoms with Gasteiger partial charge in [0.2, 0.25) is 11.8 Å². The average Bonchev–Trinajstić information content (AvgIpc) is 3.35. The van der Waals surface area contributed by atoms with Crippen molar-refractivity contribution in [3.8, 4) is 11.5 Å². The molecule has 1 heterocycles. The van der Waals surface area contributed by atoms with E-state index in [1.54, 1.807) is 0 Å². The lowest BCUT2D eigenvalue weighted by Gasteiger charge is -2.16. The number of benzene rings is 2. The summed E-state index contributed by atoms with van der Waals surface area (Å²) in [5.74, 6) is 0.719. The van der Waals surface area contributed by atoms with Crippen molar-refractivity contribution >= 4 is 17.7 Å². The highest BCUT2D eigenvalue weighted by atomic mass is 32.2. The maximum absolute atomic E-state index is 12.2. The number of carbonyl (C=O) groups is 1. The van der Waals surface area contributed by atoms with Gasteiger partial charge < -0.3 is 9.73 Å². The summed E-state index contributed by atoms with van der Waals surface area (Å²) in [7, 11) is 0. The normalized spacial score (nSPS) is 14.7. The number of hydrogen-bond acceptors (Lipinski definition) is 5. The molecule has 1 saturated carbocycles. The maximum Gasteiger partial charge on any atom is 0.277 e. The van der Waals surface area contributed by atoms with Gasteiger partial charge >= 0.3 is 0 Å². The van der Waals surface area contributed by atoms with Crippen LogP contribution in [0.3, 0.4) is 0 Å². The van der Waals surface area contributed by atoms with Gasteiger partial charge in [0.1, 0.15) is 0 Å². The van der Waals surface area contributed by atoms with E-state index in [1.807, 2.05) is 49.4 Å². The van der Waals surface area contributed by atoms with Gasteiger partial charge in [0.25, 0.3) is 5.22 Å². The number of carbonyl (C=O) groups excluding carboxylic acids is 1. The van der Waals surface area contributed by atoms with Crippen molar-refractivity contribution in [3.63, 3.8) is 0 Å². The lowest BCUT2D eigenvalue weighted by atomic mass is 9.96. The number of aromatic nitrogens is 2. The zero-order valence-corrected chi connectivity index (χ0v) is 16.0. The second-order valence-corrected chi connectivity index (χ2v) is 7.88. The van der Waals surface area contributed by atoms with Crippen LogP contribution < -0.4 is 5.32 Å². The quantitative estimate of drug-likeness (QED) is 0.629. The Hall–Kier alpha value is -2.60. The Kier molecular flexibility index (Phi) is 4.99. The molecule has 138 valence electrons. The monoisotopic (exact) mass is 379 g/mol. The van der Waals surface area contributed by atoms with Crippen LogP contribution in [0.5, 0.6) is 0 Å². The van der Waals surface area contributed by atoms with Gasteiger partial charge in [0.05, 0.1) is 5.75 Å². The third-order valence-corrected chi connectivity index (χ3v) is 5.71. The first-order chi connectivity index (χ1) is 13.1. The molecule has 3 aromatic rings. The molecule has 0 atom stereocenters. The fourth-order valence-electron chi connectivity index (χ4n) is 3.04. The molecule has 27 heavy (non-hydrogen) atoms. The molecule has 1 aromatic heterocycles. The molecule has 4 rings (SSSR count). The summed E-state index contributed by atoms with van der Waals surface area (Å²) in [6.45, 7) is 2.70. The molecule has 0 saturated heterocycles. The van der Waals surface area contributed by atoms with Gasteiger partial charge in [-0.25, -0.2) is 0 Å². The van der Waals surface area contributed by atoms with E-state index in [-0.39, 0.29) is 17.1 Å². The zero-order valence-electron chi connectivity index (χ0n) is 15.1. The van der Waals surface area contributed by atoms with E-state index < -0.39 is 0 Å². The van der Waals surface area contributed by atoms with E-state index in [2.05, 4.69) is 27.6 Å². The smallest absolute Gasteiger partial charge is 0.277 e. The fraction of sp³-hybridized carbons (Fsp3) is 0.286. The SMILES string of the molecule is Cc1ccc(-c2nnc(SCC(=O)NCC3(c4ccccc4)CC3)o2)cc1. The third-order valence-electron chi connectivity index (χ3n) is 4.90. The lowest BCUT2D eigenvalue weighted by Crippen LogP contribution is -2.33. The highest BCUT2D eigenvalue weighted by Crippen LogP contribution is 2.47. The number of rotatable bonds is 7. The molecule has 1 N–H and O–H groups in total. The first kappa shape index (κ1) is 17.8. The van der Waals surface area contributed by atoms with E-state index >= 15 is 0 Å². The lowest BCUT2D eigenvalue weighted by molar-refractivity contribution is -0.118. The van der Waals surface area contributed by atoms with Gasteiger partial charge in [-0.3, -0.25) is 4.79 Å². The predicted molar refractivity (Wildman–Crippen MR) is 106 cm³/mol. The summed E-state index contributed by atoms with van der Waals surface area (Å²) in [5.41, 5.74) is 3.47. The summed E-state index contributed by atoms with van der Waals surface area (Å²) in [5, 5.41) is 11.5. The molecule has 6 heteroatoms. The van der Waals surface area contributed by atoms with Crippen LogP contribution in [0.4, 0.5) is 0 Å². The molecular weight excluding hydrogens is 358 g/mol. The van der Waals surface area contributed by atoms with Gasteiger partial charge in [0, 0.05) is 17.5 Å². The topological polar surface area (TPSA) is 68.0 Å². The van der Waals surface area contributed by atoms with Gasteiger partial charge in [-0.15, -0.1) is 10.2 Å². The second-order valence-electron chi connectivity index (χ2n) is 6.95. The molecular formula is C21H21N3O2S. The molecule has 5 nitrogen and oxygen atoms in total. The Morgan fingerprint density at radius 2 is 1.85 bits per heavy atom. The molecule has 0 aliphatic heterocycles. The minimum Gasteiger partial charge on any atom is -0.411 e. The minimum atomic E-state index is -0.0164. The Balaban J connectivity index is 1.28. The molecule has 0 unspecified atom stereocenters. The molecule has 0 radical (unpaired) electrons. The molecule has 1 aliphatic carbocycles. The van der Waals surface area contributed by atoms with Crippen LogP contribution in [0.1, 0.15) is 24.0 Å². The van der Waals surface area contributed by atoms with Gasteiger partial charge in [-0.05, 0) is 37.5 Å². The summed E-state index contributed by atoms with van der Waals surface area (Å²) in [6, 6.07) is 18.3. The van der Waals surface area contributed by atoms with Crippen LogP contribution in [-0.4, -0.2) is 28.4 Å².